The minimum absolute atomic E-state index is 0.0540. The summed E-state index contributed by atoms with van der Waals surface area (Å²) in [5.74, 6) is 0.872. The zero-order chi connectivity index (χ0) is 19.2. The number of piperidine rings is 1. The van der Waals surface area contributed by atoms with Gasteiger partial charge in [-0.15, -0.1) is 0 Å². The van der Waals surface area contributed by atoms with E-state index in [-0.39, 0.29) is 29.9 Å². The van der Waals surface area contributed by atoms with Crippen LogP contribution in [0, 0.1) is 5.92 Å². The summed E-state index contributed by atoms with van der Waals surface area (Å²) in [4.78, 5) is 26.7. The number of nitrogens with one attached hydrogen (secondary N) is 1. The summed E-state index contributed by atoms with van der Waals surface area (Å²) in [7, 11) is 1.64. The van der Waals surface area contributed by atoms with E-state index in [2.05, 4.69) is 5.32 Å². The predicted octanol–water partition coefficient (Wildman–Crippen LogP) is 1.90. The van der Waals surface area contributed by atoms with Gasteiger partial charge in [-0.1, -0.05) is 12.1 Å². The van der Waals surface area contributed by atoms with Crippen molar-refractivity contribution >= 4 is 11.8 Å². The second-order valence-electron chi connectivity index (χ2n) is 7.69. The van der Waals surface area contributed by atoms with Gasteiger partial charge in [-0.05, 0) is 56.2 Å². The Morgan fingerprint density at radius 2 is 1.89 bits per heavy atom. The topological polar surface area (TPSA) is 78.9 Å². The Morgan fingerprint density at radius 3 is 2.56 bits per heavy atom. The standard InChI is InChI=1S/C21H30N2O4/c1-27-19-9-2-15(3-10-19)12-13-23-14-16(4-11-20(23)25)21(26)22-17-5-7-18(24)8-6-17/h2-3,9-10,16-18,24H,4-8,11-14H2,1H3,(H,22,26)/t16-,17?,18?/m1/s1. The molecule has 2 amide bonds. The monoisotopic (exact) mass is 374 g/mol. The van der Waals surface area contributed by atoms with Crippen LogP contribution in [0.15, 0.2) is 24.3 Å². The molecule has 6 heteroatoms. The number of rotatable bonds is 6. The molecule has 6 nitrogen and oxygen atoms in total. The number of aliphatic hydroxyl groups is 1. The number of nitrogens with zero attached hydrogens (tertiary/aromatic N) is 1. The van der Waals surface area contributed by atoms with E-state index in [9.17, 15) is 14.7 Å². The van der Waals surface area contributed by atoms with Gasteiger partial charge in [-0.3, -0.25) is 9.59 Å². The van der Waals surface area contributed by atoms with Crippen molar-refractivity contribution in [2.75, 3.05) is 20.2 Å². The third-order valence-electron chi connectivity index (χ3n) is 5.74. The number of amides is 2. The van der Waals surface area contributed by atoms with E-state index in [1.165, 1.54) is 0 Å². The number of ether oxygens (including phenoxy) is 1. The molecule has 2 fully saturated rings. The van der Waals surface area contributed by atoms with E-state index in [1.54, 1.807) is 7.11 Å². The molecule has 1 aliphatic heterocycles. The molecule has 2 aliphatic rings. The summed E-state index contributed by atoms with van der Waals surface area (Å²) >= 11 is 0. The molecule has 1 saturated heterocycles. The molecule has 0 aromatic heterocycles. The second-order valence-corrected chi connectivity index (χ2v) is 7.69. The molecular weight excluding hydrogens is 344 g/mol. The number of hydrogen-bond donors (Lipinski definition) is 2. The van der Waals surface area contributed by atoms with Crippen LogP contribution in [0.2, 0.25) is 0 Å². The molecule has 1 aliphatic carbocycles. The summed E-state index contributed by atoms with van der Waals surface area (Å²) in [6.07, 6.45) is 4.77. The molecule has 1 aromatic carbocycles. The lowest BCUT2D eigenvalue weighted by Crippen LogP contribution is -2.49. The van der Waals surface area contributed by atoms with Crippen LogP contribution in [-0.4, -0.2) is 54.2 Å². The molecule has 27 heavy (non-hydrogen) atoms. The number of carbonyl (C=O) groups excluding carboxylic acids is 2. The molecule has 0 unspecified atom stereocenters. The Morgan fingerprint density at radius 1 is 1.19 bits per heavy atom. The van der Waals surface area contributed by atoms with Crippen molar-refractivity contribution in [2.24, 2.45) is 5.92 Å². The van der Waals surface area contributed by atoms with Gasteiger partial charge in [0.25, 0.3) is 0 Å². The molecule has 1 aromatic rings. The Balaban J connectivity index is 1.49. The lowest BCUT2D eigenvalue weighted by Gasteiger charge is -2.34. The minimum atomic E-state index is -0.223. The quantitative estimate of drug-likeness (QED) is 0.797. The summed E-state index contributed by atoms with van der Waals surface area (Å²) in [5, 5.41) is 12.7. The van der Waals surface area contributed by atoms with Crippen LogP contribution in [0.3, 0.4) is 0 Å². The van der Waals surface area contributed by atoms with Gasteiger partial charge >= 0.3 is 0 Å². The maximum atomic E-state index is 12.6. The number of aliphatic hydroxyl groups excluding tert-OH is 1. The third-order valence-corrected chi connectivity index (χ3v) is 5.74. The van der Waals surface area contributed by atoms with Crippen molar-refractivity contribution in [1.29, 1.82) is 0 Å². The average molecular weight is 374 g/mol. The summed E-state index contributed by atoms with van der Waals surface area (Å²) in [6, 6.07) is 8.02. The first-order valence-electron chi connectivity index (χ1n) is 9.94. The van der Waals surface area contributed by atoms with E-state index in [0.717, 1.165) is 43.4 Å². The highest BCUT2D eigenvalue weighted by molar-refractivity contribution is 5.84. The zero-order valence-electron chi connectivity index (χ0n) is 16.0. The molecule has 3 rings (SSSR count). The van der Waals surface area contributed by atoms with Crippen LogP contribution in [-0.2, 0) is 16.0 Å². The number of hydrogen-bond acceptors (Lipinski definition) is 4. The molecule has 2 N–H and O–H groups in total. The highest BCUT2D eigenvalue weighted by atomic mass is 16.5. The van der Waals surface area contributed by atoms with Crippen molar-refractivity contribution in [1.82, 2.24) is 10.2 Å². The SMILES string of the molecule is COc1ccc(CCN2C[C@H](C(=O)NC3CCC(O)CC3)CCC2=O)cc1. The molecule has 1 heterocycles. The molecule has 148 valence electrons. The smallest absolute Gasteiger partial charge is 0.225 e. The number of methoxy groups -OCH3 is 1. The van der Waals surface area contributed by atoms with Crippen LogP contribution < -0.4 is 10.1 Å². The van der Waals surface area contributed by atoms with Gasteiger partial charge in [0.15, 0.2) is 0 Å². The Bertz CT molecular complexity index is 638. The maximum absolute atomic E-state index is 12.6. The van der Waals surface area contributed by atoms with Crippen molar-refractivity contribution in [3.05, 3.63) is 29.8 Å². The molecule has 0 bridgehead atoms. The lowest BCUT2D eigenvalue weighted by molar-refractivity contribution is -0.138. The second kappa shape index (κ2) is 9.22. The van der Waals surface area contributed by atoms with Gasteiger partial charge in [0.05, 0.1) is 19.1 Å². The Kier molecular flexibility index (Phi) is 6.72. The lowest BCUT2D eigenvalue weighted by atomic mass is 9.91. The van der Waals surface area contributed by atoms with Crippen molar-refractivity contribution < 1.29 is 19.4 Å². The average Bonchev–Trinajstić information content (AvgIpc) is 2.69. The predicted molar refractivity (Wildman–Crippen MR) is 102 cm³/mol. The van der Waals surface area contributed by atoms with Gasteiger partial charge < -0.3 is 20.1 Å². The van der Waals surface area contributed by atoms with E-state index in [4.69, 9.17) is 4.74 Å². The normalized spacial score (nSPS) is 25.9. The van der Waals surface area contributed by atoms with E-state index < -0.39 is 0 Å². The van der Waals surface area contributed by atoms with E-state index in [1.807, 2.05) is 29.2 Å². The van der Waals surface area contributed by atoms with Crippen molar-refractivity contribution in [3.63, 3.8) is 0 Å². The fourth-order valence-corrected chi connectivity index (χ4v) is 3.94. The Labute approximate surface area is 160 Å². The van der Waals surface area contributed by atoms with Crippen LogP contribution in [0.1, 0.15) is 44.1 Å². The molecule has 0 spiro atoms. The van der Waals surface area contributed by atoms with Gasteiger partial charge in [0.2, 0.25) is 11.8 Å². The first-order chi connectivity index (χ1) is 13.0. The van der Waals surface area contributed by atoms with Gasteiger partial charge in [0.1, 0.15) is 5.75 Å². The number of carbonyl (C=O) groups is 2. The largest absolute Gasteiger partial charge is 0.497 e. The van der Waals surface area contributed by atoms with E-state index >= 15 is 0 Å². The van der Waals surface area contributed by atoms with Crippen LogP contribution in [0.4, 0.5) is 0 Å². The minimum Gasteiger partial charge on any atom is -0.497 e. The van der Waals surface area contributed by atoms with Crippen LogP contribution >= 0.6 is 0 Å². The molecule has 1 atom stereocenters. The molecule has 0 radical (unpaired) electrons. The molecular formula is C21H30N2O4. The zero-order valence-corrected chi connectivity index (χ0v) is 16.0. The summed E-state index contributed by atoms with van der Waals surface area (Å²) in [6.45, 7) is 1.13. The molecule has 1 saturated carbocycles. The highest BCUT2D eigenvalue weighted by Crippen LogP contribution is 2.22. The third kappa shape index (κ3) is 5.45. The van der Waals surface area contributed by atoms with Gasteiger partial charge in [0, 0.05) is 25.6 Å². The van der Waals surface area contributed by atoms with Crippen LogP contribution in [0.5, 0.6) is 5.75 Å². The maximum Gasteiger partial charge on any atom is 0.225 e. The number of benzene rings is 1. The van der Waals surface area contributed by atoms with Crippen LogP contribution in [0.25, 0.3) is 0 Å². The fourth-order valence-electron chi connectivity index (χ4n) is 3.94. The summed E-state index contributed by atoms with van der Waals surface area (Å²) < 4.78 is 5.17. The van der Waals surface area contributed by atoms with Gasteiger partial charge in [-0.2, -0.15) is 0 Å². The van der Waals surface area contributed by atoms with Crippen molar-refractivity contribution in [2.45, 2.75) is 57.1 Å². The Hall–Kier alpha value is -2.08. The van der Waals surface area contributed by atoms with Crippen molar-refractivity contribution in [3.8, 4) is 5.75 Å². The first-order valence-corrected chi connectivity index (χ1v) is 9.94. The fraction of sp³-hybridized carbons (Fsp3) is 0.619. The number of likely N-dealkylation sites (tertiary alicyclic amines) is 1. The van der Waals surface area contributed by atoms with E-state index in [0.29, 0.717) is 25.9 Å². The van der Waals surface area contributed by atoms with Gasteiger partial charge in [-0.25, -0.2) is 0 Å². The highest BCUT2D eigenvalue weighted by Gasteiger charge is 2.31. The first kappa shape index (κ1) is 19.7. The summed E-state index contributed by atoms with van der Waals surface area (Å²) in [5.41, 5.74) is 1.15.